The van der Waals surface area contributed by atoms with Crippen molar-refractivity contribution in [1.82, 2.24) is 4.72 Å². The maximum atomic E-state index is 12.6. The third-order valence-corrected chi connectivity index (χ3v) is 5.22. The average Bonchev–Trinajstić information content (AvgIpc) is 2.78. The van der Waals surface area contributed by atoms with E-state index >= 15 is 0 Å². The Kier molecular flexibility index (Phi) is 5.95. The molecule has 0 aliphatic carbocycles. The Morgan fingerprint density at radius 2 is 1.87 bits per heavy atom. The number of aliphatic carboxylic acids is 1. The predicted octanol–water partition coefficient (Wildman–Crippen LogP) is 1.46. The number of furan rings is 1. The molecular formula is C14H21NO7S. The van der Waals surface area contributed by atoms with Crippen molar-refractivity contribution < 1.29 is 32.3 Å². The topological polar surface area (TPSA) is 123 Å². The summed E-state index contributed by atoms with van der Waals surface area (Å²) in [4.78, 5) is 22.8. The van der Waals surface area contributed by atoms with Gasteiger partial charge in [0.15, 0.2) is 0 Å². The van der Waals surface area contributed by atoms with Gasteiger partial charge in [-0.1, -0.05) is 20.3 Å². The number of carboxylic acids is 1. The summed E-state index contributed by atoms with van der Waals surface area (Å²) in [6, 6.07) is -1.31. The Labute approximate surface area is 134 Å². The standard InChI is InChI=1S/C14H21NO7S/c1-6-7(2)11(13(16)17)15-23(19,20)12-9(4)22-8(3)10(12)14(18)21-5/h7,11,15H,6H2,1-5H3,(H,16,17)/t7-,11-/m0/s1. The van der Waals surface area contributed by atoms with Crippen LogP contribution < -0.4 is 4.72 Å². The van der Waals surface area contributed by atoms with Crippen LogP contribution in [-0.4, -0.2) is 38.6 Å². The molecule has 23 heavy (non-hydrogen) atoms. The third kappa shape index (κ3) is 3.91. The second-order valence-corrected chi connectivity index (χ2v) is 6.88. The van der Waals surface area contributed by atoms with Crippen molar-refractivity contribution in [2.75, 3.05) is 7.11 Å². The Morgan fingerprint density at radius 1 is 1.30 bits per heavy atom. The molecule has 0 unspecified atom stereocenters. The minimum absolute atomic E-state index is 0.0105. The normalized spacial score (nSPS) is 14.3. The highest BCUT2D eigenvalue weighted by molar-refractivity contribution is 7.89. The highest BCUT2D eigenvalue weighted by Gasteiger charge is 2.36. The van der Waals surface area contributed by atoms with E-state index in [9.17, 15) is 23.1 Å². The van der Waals surface area contributed by atoms with Crippen LogP contribution in [0.1, 0.15) is 42.1 Å². The number of ether oxygens (including phenoxy) is 1. The van der Waals surface area contributed by atoms with E-state index < -0.39 is 38.8 Å². The van der Waals surface area contributed by atoms with E-state index in [0.717, 1.165) is 7.11 Å². The molecule has 2 atom stereocenters. The van der Waals surface area contributed by atoms with E-state index in [-0.39, 0.29) is 17.1 Å². The van der Waals surface area contributed by atoms with Crippen LogP contribution in [0.4, 0.5) is 0 Å². The van der Waals surface area contributed by atoms with Crippen LogP contribution in [0.25, 0.3) is 0 Å². The Hall–Kier alpha value is -1.87. The maximum absolute atomic E-state index is 12.6. The van der Waals surface area contributed by atoms with Gasteiger partial charge in [0, 0.05) is 0 Å². The first-order valence-electron chi connectivity index (χ1n) is 7.00. The van der Waals surface area contributed by atoms with E-state index in [4.69, 9.17) is 4.42 Å². The van der Waals surface area contributed by atoms with Crippen molar-refractivity contribution >= 4 is 22.0 Å². The minimum Gasteiger partial charge on any atom is -0.480 e. The number of carbonyl (C=O) groups excluding carboxylic acids is 1. The van der Waals surface area contributed by atoms with Crippen LogP contribution in [0.3, 0.4) is 0 Å². The molecule has 1 aromatic heterocycles. The summed E-state index contributed by atoms with van der Waals surface area (Å²) >= 11 is 0. The van der Waals surface area contributed by atoms with E-state index in [1.165, 1.54) is 13.8 Å². The summed E-state index contributed by atoms with van der Waals surface area (Å²) in [5, 5.41) is 9.24. The first-order chi connectivity index (χ1) is 10.6. The number of sulfonamides is 1. The van der Waals surface area contributed by atoms with Gasteiger partial charge in [-0.25, -0.2) is 13.2 Å². The van der Waals surface area contributed by atoms with Crippen LogP contribution >= 0.6 is 0 Å². The Balaban J connectivity index is 3.39. The number of methoxy groups -OCH3 is 1. The fourth-order valence-corrected chi connectivity index (χ4v) is 3.90. The van der Waals surface area contributed by atoms with Gasteiger partial charge in [-0.3, -0.25) is 4.79 Å². The SMILES string of the molecule is CC[C@H](C)[C@H](NS(=O)(=O)c1c(C)oc(C)c1C(=O)OC)C(=O)O. The molecule has 0 radical (unpaired) electrons. The molecule has 0 fully saturated rings. The first kappa shape index (κ1) is 19.2. The summed E-state index contributed by atoms with van der Waals surface area (Å²) in [5.41, 5.74) is -0.231. The average molecular weight is 347 g/mol. The lowest BCUT2D eigenvalue weighted by Gasteiger charge is -2.20. The van der Waals surface area contributed by atoms with Crippen molar-refractivity contribution in [3.8, 4) is 0 Å². The molecule has 0 aromatic carbocycles. The quantitative estimate of drug-likeness (QED) is 0.716. The van der Waals surface area contributed by atoms with Gasteiger partial charge in [-0.05, 0) is 19.8 Å². The maximum Gasteiger partial charge on any atom is 0.342 e. The Morgan fingerprint density at radius 3 is 2.30 bits per heavy atom. The van der Waals surface area contributed by atoms with Gasteiger partial charge in [0.05, 0.1) is 7.11 Å². The van der Waals surface area contributed by atoms with Gasteiger partial charge < -0.3 is 14.3 Å². The van der Waals surface area contributed by atoms with Crippen molar-refractivity contribution in [2.24, 2.45) is 5.92 Å². The molecule has 0 spiro atoms. The van der Waals surface area contributed by atoms with Crippen molar-refractivity contribution in [1.29, 1.82) is 0 Å². The number of carboxylic acid groups (broad SMARTS) is 1. The van der Waals surface area contributed by atoms with Gasteiger partial charge in [0.2, 0.25) is 10.0 Å². The molecule has 9 heteroatoms. The highest BCUT2D eigenvalue weighted by atomic mass is 32.2. The fraction of sp³-hybridized carbons (Fsp3) is 0.571. The predicted molar refractivity (Wildman–Crippen MR) is 80.7 cm³/mol. The lowest BCUT2D eigenvalue weighted by Crippen LogP contribution is -2.45. The number of nitrogens with one attached hydrogen (secondary N) is 1. The molecule has 0 aliphatic rings. The summed E-state index contributed by atoms with van der Waals surface area (Å²) in [5.74, 6) is -2.51. The molecular weight excluding hydrogens is 326 g/mol. The number of carbonyl (C=O) groups is 2. The van der Waals surface area contributed by atoms with Crippen molar-refractivity contribution in [2.45, 2.75) is 45.1 Å². The number of hydrogen-bond acceptors (Lipinski definition) is 6. The molecule has 130 valence electrons. The van der Waals surface area contributed by atoms with Crippen LogP contribution in [0.15, 0.2) is 9.31 Å². The van der Waals surface area contributed by atoms with E-state index in [2.05, 4.69) is 9.46 Å². The Bertz CT molecular complexity index is 705. The molecule has 2 N–H and O–H groups in total. The second-order valence-electron chi connectivity index (χ2n) is 5.23. The van der Waals surface area contributed by atoms with Gasteiger partial charge in [0.1, 0.15) is 28.0 Å². The molecule has 1 aromatic rings. The molecule has 0 aliphatic heterocycles. The fourth-order valence-electron chi connectivity index (χ4n) is 2.20. The van der Waals surface area contributed by atoms with Gasteiger partial charge in [-0.15, -0.1) is 0 Å². The van der Waals surface area contributed by atoms with Crippen LogP contribution in [0.2, 0.25) is 0 Å². The second kappa shape index (κ2) is 7.14. The summed E-state index contributed by atoms with van der Waals surface area (Å²) in [7, 11) is -3.16. The van der Waals surface area contributed by atoms with E-state index in [1.807, 2.05) is 0 Å². The number of rotatable bonds is 7. The number of aryl methyl sites for hydroxylation is 2. The van der Waals surface area contributed by atoms with Gasteiger partial charge in [-0.2, -0.15) is 4.72 Å². The lowest BCUT2D eigenvalue weighted by molar-refractivity contribution is -0.140. The number of esters is 1. The van der Waals surface area contributed by atoms with Crippen molar-refractivity contribution in [3.63, 3.8) is 0 Å². The zero-order valence-electron chi connectivity index (χ0n) is 13.7. The van der Waals surface area contributed by atoms with Crippen LogP contribution in [0, 0.1) is 19.8 Å². The first-order valence-corrected chi connectivity index (χ1v) is 8.48. The number of hydrogen-bond donors (Lipinski definition) is 2. The summed E-state index contributed by atoms with van der Waals surface area (Å²) in [6.07, 6.45) is 0.465. The molecule has 1 heterocycles. The molecule has 1 rings (SSSR count). The molecule has 8 nitrogen and oxygen atoms in total. The highest BCUT2D eigenvalue weighted by Crippen LogP contribution is 2.28. The minimum atomic E-state index is -4.28. The van der Waals surface area contributed by atoms with E-state index in [1.54, 1.807) is 13.8 Å². The molecule has 0 saturated heterocycles. The van der Waals surface area contributed by atoms with Gasteiger partial charge in [0.25, 0.3) is 0 Å². The van der Waals surface area contributed by atoms with Crippen LogP contribution in [0.5, 0.6) is 0 Å². The lowest BCUT2D eigenvalue weighted by atomic mass is 10.0. The van der Waals surface area contributed by atoms with Crippen LogP contribution in [-0.2, 0) is 19.6 Å². The zero-order chi connectivity index (χ0) is 17.9. The largest absolute Gasteiger partial charge is 0.480 e. The smallest absolute Gasteiger partial charge is 0.342 e. The molecule has 0 saturated carbocycles. The third-order valence-electron chi connectivity index (χ3n) is 3.62. The van der Waals surface area contributed by atoms with Gasteiger partial charge >= 0.3 is 11.9 Å². The van der Waals surface area contributed by atoms with Crippen molar-refractivity contribution in [3.05, 3.63) is 17.1 Å². The molecule has 0 bridgehead atoms. The summed E-state index contributed by atoms with van der Waals surface area (Å²) < 4.78 is 37.1. The molecule has 0 amide bonds. The summed E-state index contributed by atoms with van der Waals surface area (Å²) in [6.45, 7) is 6.19. The van der Waals surface area contributed by atoms with E-state index in [0.29, 0.717) is 6.42 Å². The zero-order valence-corrected chi connectivity index (χ0v) is 14.5. The monoisotopic (exact) mass is 347 g/mol.